The van der Waals surface area contributed by atoms with Crippen LogP contribution >= 0.6 is 23.2 Å². The molecule has 0 aliphatic carbocycles. The molecular formula is C14H7Cl2N3. The molecule has 0 bridgehead atoms. The van der Waals surface area contributed by atoms with E-state index < -0.39 is 0 Å². The fourth-order valence-electron chi connectivity index (χ4n) is 1.91. The van der Waals surface area contributed by atoms with Crippen LogP contribution in [-0.2, 0) is 0 Å². The maximum absolute atomic E-state index is 8.92. The van der Waals surface area contributed by atoms with E-state index in [1.165, 1.54) is 0 Å². The third-order valence-electron chi connectivity index (χ3n) is 2.76. The summed E-state index contributed by atoms with van der Waals surface area (Å²) < 4.78 is 1.78. The predicted octanol–water partition coefficient (Wildman–Crippen LogP) is 4.18. The van der Waals surface area contributed by atoms with Gasteiger partial charge in [-0.2, -0.15) is 5.26 Å². The minimum Gasteiger partial charge on any atom is -0.304 e. The molecule has 19 heavy (non-hydrogen) atoms. The number of hydrogen-bond donors (Lipinski definition) is 0. The smallest absolute Gasteiger partial charge is 0.156 e. The van der Waals surface area contributed by atoms with Crippen LogP contribution in [0.3, 0.4) is 0 Å². The van der Waals surface area contributed by atoms with Gasteiger partial charge < -0.3 is 4.40 Å². The Balaban J connectivity index is 2.21. The quantitative estimate of drug-likeness (QED) is 0.674. The van der Waals surface area contributed by atoms with Gasteiger partial charge in [0, 0.05) is 18.0 Å². The Morgan fingerprint density at radius 3 is 2.79 bits per heavy atom. The number of hydrogen-bond acceptors (Lipinski definition) is 2. The molecule has 5 heteroatoms. The first kappa shape index (κ1) is 12.0. The lowest BCUT2D eigenvalue weighted by atomic mass is 10.1. The van der Waals surface area contributed by atoms with E-state index in [-0.39, 0.29) is 0 Å². The molecule has 0 N–H and O–H groups in total. The van der Waals surface area contributed by atoms with Crippen molar-refractivity contribution in [3.8, 4) is 17.3 Å². The lowest BCUT2D eigenvalue weighted by molar-refractivity contribution is 1.19. The number of rotatable bonds is 1. The SMILES string of the molecule is N#Cc1cccc(-c2cn3cc(Cl)cc(Cl)c3n2)c1. The number of halogens is 2. The van der Waals surface area contributed by atoms with E-state index in [2.05, 4.69) is 11.1 Å². The Bertz CT molecular complexity index is 815. The minimum atomic E-state index is 0.496. The van der Waals surface area contributed by atoms with Crippen LogP contribution in [0.4, 0.5) is 0 Å². The maximum Gasteiger partial charge on any atom is 0.156 e. The molecule has 92 valence electrons. The Hall–Kier alpha value is -2.02. The minimum absolute atomic E-state index is 0.496. The van der Waals surface area contributed by atoms with Gasteiger partial charge in [0.2, 0.25) is 0 Å². The van der Waals surface area contributed by atoms with E-state index in [1.54, 1.807) is 28.8 Å². The molecule has 3 aromatic rings. The van der Waals surface area contributed by atoms with Gasteiger partial charge in [0.25, 0.3) is 0 Å². The summed E-state index contributed by atoms with van der Waals surface area (Å²) in [5, 5.41) is 9.96. The Kier molecular flexibility index (Phi) is 2.90. The third kappa shape index (κ3) is 2.17. The second-order valence-corrected chi connectivity index (χ2v) is 4.90. The fourth-order valence-corrected chi connectivity index (χ4v) is 2.44. The highest BCUT2D eigenvalue weighted by atomic mass is 35.5. The average molecular weight is 288 g/mol. The van der Waals surface area contributed by atoms with Gasteiger partial charge in [0.05, 0.1) is 27.4 Å². The third-order valence-corrected chi connectivity index (χ3v) is 3.25. The van der Waals surface area contributed by atoms with Crippen molar-refractivity contribution in [2.75, 3.05) is 0 Å². The highest BCUT2D eigenvalue weighted by Gasteiger charge is 2.08. The molecule has 1 aromatic carbocycles. The van der Waals surface area contributed by atoms with Gasteiger partial charge in [0.15, 0.2) is 5.65 Å². The number of pyridine rings is 1. The van der Waals surface area contributed by atoms with Crippen molar-refractivity contribution in [3.63, 3.8) is 0 Å². The lowest BCUT2D eigenvalue weighted by Gasteiger charge is -1.95. The van der Waals surface area contributed by atoms with Gasteiger partial charge in [-0.3, -0.25) is 0 Å². The first-order valence-corrected chi connectivity index (χ1v) is 6.27. The zero-order valence-electron chi connectivity index (χ0n) is 9.64. The van der Waals surface area contributed by atoms with Crippen LogP contribution in [0.1, 0.15) is 5.56 Å². The van der Waals surface area contributed by atoms with Gasteiger partial charge in [-0.25, -0.2) is 4.98 Å². The summed E-state index contributed by atoms with van der Waals surface area (Å²) in [6.45, 7) is 0. The van der Waals surface area contributed by atoms with E-state index in [4.69, 9.17) is 28.5 Å². The number of benzene rings is 1. The predicted molar refractivity (Wildman–Crippen MR) is 75.4 cm³/mol. The molecule has 0 unspecified atom stereocenters. The molecule has 0 spiro atoms. The van der Waals surface area contributed by atoms with E-state index in [9.17, 15) is 0 Å². The van der Waals surface area contributed by atoms with Crippen LogP contribution in [0.15, 0.2) is 42.7 Å². The number of nitrogens with zero attached hydrogens (tertiary/aromatic N) is 3. The highest BCUT2D eigenvalue weighted by Crippen LogP contribution is 2.26. The first-order valence-electron chi connectivity index (χ1n) is 5.51. The van der Waals surface area contributed by atoms with Crippen molar-refractivity contribution in [1.82, 2.24) is 9.38 Å². The van der Waals surface area contributed by atoms with Gasteiger partial charge in [0.1, 0.15) is 0 Å². The van der Waals surface area contributed by atoms with Crippen LogP contribution in [0.25, 0.3) is 16.9 Å². The molecule has 0 aliphatic rings. The molecule has 0 saturated carbocycles. The number of nitriles is 1. The van der Waals surface area contributed by atoms with Crippen LogP contribution in [0, 0.1) is 11.3 Å². The molecule has 0 fully saturated rings. The zero-order valence-corrected chi connectivity index (χ0v) is 11.2. The molecule has 0 aliphatic heterocycles. The van der Waals surface area contributed by atoms with Crippen molar-refractivity contribution in [3.05, 3.63) is 58.3 Å². The van der Waals surface area contributed by atoms with Gasteiger partial charge in [-0.05, 0) is 18.2 Å². The van der Waals surface area contributed by atoms with E-state index in [0.717, 1.165) is 11.3 Å². The van der Waals surface area contributed by atoms with E-state index in [1.807, 2.05) is 18.3 Å². The Labute approximate surface area is 119 Å². The van der Waals surface area contributed by atoms with Gasteiger partial charge in [-0.1, -0.05) is 35.3 Å². The summed E-state index contributed by atoms with van der Waals surface area (Å²) in [7, 11) is 0. The molecule has 0 atom stereocenters. The largest absolute Gasteiger partial charge is 0.304 e. The zero-order chi connectivity index (χ0) is 13.4. The van der Waals surface area contributed by atoms with Crippen molar-refractivity contribution in [2.24, 2.45) is 0 Å². The molecular weight excluding hydrogens is 281 g/mol. The summed E-state index contributed by atoms with van der Waals surface area (Å²) in [6.07, 6.45) is 3.58. The van der Waals surface area contributed by atoms with Crippen LogP contribution in [-0.4, -0.2) is 9.38 Å². The molecule has 3 nitrogen and oxygen atoms in total. The normalized spacial score (nSPS) is 10.6. The van der Waals surface area contributed by atoms with E-state index in [0.29, 0.717) is 21.3 Å². The second-order valence-electron chi connectivity index (χ2n) is 4.06. The second kappa shape index (κ2) is 4.58. The van der Waals surface area contributed by atoms with Crippen LogP contribution in [0.5, 0.6) is 0 Å². The van der Waals surface area contributed by atoms with Crippen molar-refractivity contribution in [1.29, 1.82) is 5.26 Å². The summed E-state index contributed by atoms with van der Waals surface area (Å²) in [5.74, 6) is 0. The monoisotopic (exact) mass is 287 g/mol. The topological polar surface area (TPSA) is 41.1 Å². The van der Waals surface area contributed by atoms with Crippen LogP contribution in [0.2, 0.25) is 10.0 Å². The molecule has 0 amide bonds. The van der Waals surface area contributed by atoms with Crippen LogP contribution < -0.4 is 0 Å². The molecule has 0 saturated heterocycles. The summed E-state index contributed by atoms with van der Waals surface area (Å²) >= 11 is 12.1. The standard InChI is InChI=1S/C14H7Cl2N3/c15-11-5-12(16)14-18-13(8-19(14)7-11)10-3-1-2-9(4-10)6-17/h1-5,7-8H. The Morgan fingerprint density at radius 2 is 2.00 bits per heavy atom. The maximum atomic E-state index is 8.92. The number of imidazole rings is 1. The fraction of sp³-hybridized carbons (Fsp3) is 0. The summed E-state index contributed by atoms with van der Waals surface area (Å²) in [4.78, 5) is 4.46. The molecule has 2 aromatic heterocycles. The number of aromatic nitrogens is 2. The Morgan fingerprint density at radius 1 is 1.16 bits per heavy atom. The lowest BCUT2D eigenvalue weighted by Crippen LogP contribution is -1.82. The van der Waals surface area contributed by atoms with Gasteiger partial charge >= 0.3 is 0 Å². The van der Waals surface area contributed by atoms with Crippen molar-refractivity contribution >= 4 is 28.8 Å². The summed E-state index contributed by atoms with van der Waals surface area (Å²) in [6, 6.07) is 11.0. The van der Waals surface area contributed by atoms with E-state index >= 15 is 0 Å². The summed E-state index contributed by atoms with van der Waals surface area (Å²) in [5.41, 5.74) is 2.86. The number of fused-ring (bicyclic) bond motifs is 1. The van der Waals surface area contributed by atoms with Crippen molar-refractivity contribution < 1.29 is 0 Å². The molecule has 3 rings (SSSR count). The average Bonchev–Trinajstić information content (AvgIpc) is 2.83. The molecule has 0 radical (unpaired) electrons. The highest BCUT2D eigenvalue weighted by molar-refractivity contribution is 6.36. The first-order chi connectivity index (χ1) is 9.17. The van der Waals surface area contributed by atoms with Gasteiger partial charge in [-0.15, -0.1) is 0 Å². The van der Waals surface area contributed by atoms with Crippen molar-refractivity contribution in [2.45, 2.75) is 0 Å². The molecule has 2 heterocycles.